The molecule has 1 fully saturated rings. The third-order valence-electron chi connectivity index (χ3n) is 3.93. The Labute approximate surface area is 124 Å². The number of benzene rings is 1. The lowest BCUT2D eigenvalue weighted by Crippen LogP contribution is -2.47. The first-order chi connectivity index (χ1) is 9.99. The van der Waals surface area contributed by atoms with Gasteiger partial charge in [0.25, 0.3) is 0 Å². The lowest BCUT2D eigenvalue weighted by molar-refractivity contribution is 0.171. The average molecular weight is 312 g/mol. The summed E-state index contributed by atoms with van der Waals surface area (Å²) in [5, 5.41) is 3.34. The van der Waals surface area contributed by atoms with Crippen LogP contribution in [0, 0.1) is 0 Å². The van der Waals surface area contributed by atoms with Crippen LogP contribution in [0.25, 0.3) is 0 Å². The topological polar surface area (TPSA) is 76.7 Å². The van der Waals surface area contributed by atoms with Gasteiger partial charge in [-0.1, -0.05) is 0 Å². The molecular formula is C14H20N2O4S. The third-order valence-corrected chi connectivity index (χ3v) is 5.33. The number of rotatable bonds is 4. The second kappa shape index (κ2) is 5.47. The molecule has 2 aliphatic heterocycles. The smallest absolute Gasteiger partial charge is 0.240 e. The molecule has 3 rings (SSSR count). The summed E-state index contributed by atoms with van der Waals surface area (Å²) in [7, 11) is -3.54. The Kier molecular flexibility index (Phi) is 3.81. The fourth-order valence-electron chi connectivity index (χ4n) is 2.64. The predicted octanol–water partition coefficient (Wildman–Crippen LogP) is 0.878. The van der Waals surface area contributed by atoms with Crippen molar-refractivity contribution in [3.8, 4) is 11.5 Å². The maximum atomic E-state index is 12.4. The minimum absolute atomic E-state index is 0.166. The summed E-state index contributed by atoms with van der Waals surface area (Å²) in [5.41, 5.74) is -0.166. The highest BCUT2D eigenvalue weighted by Gasteiger charge is 2.30. The molecule has 1 aromatic carbocycles. The average Bonchev–Trinajstić information content (AvgIpc) is 2.92. The molecular weight excluding hydrogens is 292 g/mol. The molecule has 2 heterocycles. The van der Waals surface area contributed by atoms with Crippen molar-refractivity contribution in [1.82, 2.24) is 10.0 Å². The minimum atomic E-state index is -3.54. The Morgan fingerprint density at radius 2 is 2.05 bits per heavy atom. The van der Waals surface area contributed by atoms with Crippen molar-refractivity contribution in [1.29, 1.82) is 0 Å². The van der Waals surface area contributed by atoms with Crippen molar-refractivity contribution in [3.05, 3.63) is 18.2 Å². The van der Waals surface area contributed by atoms with Crippen LogP contribution in [-0.2, 0) is 10.0 Å². The third kappa shape index (κ3) is 3.14. The van der Waals surface area contributed by atoms with E-state index in [4.69, 9.17) is 9.47 Å². The fourth-order valence-corrected chi connectivity index (χ4v) is 3.82. The largest absolute Gasteiger partial charge is 0.486 e. The maximum Gasteiger partial charge on any atom is 0.240 e. The molecule has 1 aromatic rings. The minimum Gasteiger partial charge on any atom is -0.486 e. The monoisotopic (exact) mass is 312 g/mol. The predicted molar refractivity (Wildman–Crippen MR) is 78.3 cm³/mol. The molecule has 0 spiro atoms. The van der Waals surface area contributed by atoms with Crippen molar-refractivity contribution in [2.24, 2.45) is 0 Å². The Morgan fingerprint density at radius 3 is 2.76 bits per heavy atom. The van der Waals surface area contributed by atoms with E-state index in [2.05, 4.69) is 10.0 Å². The number of nitrogens with one attached hydrogen (secondary N) is 2. The van der Waals surface area contributed by atoms with Crippen LogP contribution in [-0.4, -0.2) is 40.3 Å². The first kappa shape index (κ1) is 14.6. The number of fused-ring (bicyclic) bond motifs is 1. The van der Waals surface area contributed by atoms with Gasteiger partial charge in [-0.3, -0.25) is 0 Å². The van der Waals surface area contributed by atoms with E-state index in [9.17, 15) is 8.42 Å². The van der Waals surface area contributed by atoms with Gasteiger partial charge >= 0.3 is 0 Å². The summed E-state index contributed by atoms with van der Waals surface area (Å²) in [6, 6.07) is 4.69. The van der Waals surface area contributed by atoms with E-state index in [1.54, 1.807) is 12.1 Å². The quantitative estimate of drug-likeness (QED) is 0.863. The van der Waals surface area contributed by atoms with Crippen molar-refractivity contribution < 1.29 is 17.9 Å². The van der Waals surface area contributed by atoms with Crippen molar-refractivity contribution in [2.45, 2.75) is 30.2 Å². The van der Waals surface area contributed by atoms with Gasteiger partial charge in [-0.25, -0.2) is 13.1 Å². The summed E-state index contributed by atoms with van der Waals surface area (Å²) in [6.07, 6.45) is 2.04. The zero-order valence-electron chi connectivity index (χ0n) is 12.0. The molecule has 0 bridgehead atoms. The molecule has 0 amide bonds. The van der Waals surface area contributed by atoms with Crippen LogP contribution in [0.5, 0.6) is 11.5 Å². The van der Waals surface area contributed by atoms with Crippen LogP contribution in [0.2, 0.25) is 0 Å². The highest BCUT2D eigenvalue weighted by Crippen LogP contribution is 2.32. The van der Waals surface area contributed by atoms with Gasteiger partial charge in [0.1, 0.15) is 13.2 Å². The summed E-state index contributed by atoms with van der Waals surface area (Å²) >= 11 is 0. The first-order valence-electron chi connectivity index (χ1n) is 7.13. The maximum absolute atomic E-state index is 12.4. The Bertz CT molecular complexity index is 624. The second-order valence-corrected chi connectivity index (χ2v) is 7.49. The van der Waals surface area contributed by atoms with Crippen LogP contribution < -0.4 is 19.5 Å². The molecule has 0 saturated carbocycles. The van der Waals surface area contributed by atoms with Crippen LogP contribution in [0.3, 0.4) is 0 Å². The van der Waals surface area contributed by atoms with Gasteiger partial charge in [-0.2, -0.15) is 0 Å². The number of sulfonamides is 1. The molecule has 0 radical (unpaired) electrons. The van der Waals surface area contributed by atoms with Crippen molar-refractivity contribution in [2.75, 3.05) is 26.3 Å². The Morgan fingerprint density at radius 1 is 1.29 bits per heavy atom. The molecule has 7 heteroatoms. The van der Waals surface area contributed by atoms with Crippen LogP contribution in [0.1, 0.15) is 19.8 Å². The van der Waals surface area contributed by atoms with E-state index in [0.29, 0.717) is 31.3 Å². The van der Waals surface area contributed by atoms with E-state index in [1.165, 1.54) is 6.07 Å². The Hall–Kier alpha value is -1.31. The molecule has 21 heavy (non-hydrogen) atoms. The Balaban J connectivity index is 1.75. The van der Waals surface area contributed by atoms with E-state index in [-0.39, 0.29) is 10.4 Å². The van der Waals surface area contributed by atoms with Gasteiger partial charge in [0.2, 0.25) is 10.0 Å². The summed E-state index contributed by atoms with van der Waals surface area (Å²) in [6.45, 7) is 4.27. The van der Waals surface area contributed by atoms with Gasteiger partial charge in [0.15, 0.2) is 11.5 Å². The van der Waals surface area contributed by atoms with Gasteiger partial charge in [0.05, 0.1) is 4.90 Å². The zero-order chi connectivity index (χ0) is 14.9. The number of ether oxygens (including phenoxy) is 2. The number of hydrogen-bond donors (Lipinski definition) is 2. The molecule has 1 saturated heterocycles. The summed E-state index contributed by atoms with van der Waals surface area (Å²) < 4.78 is 38.3. The van der Waals surface area contributed by atoms with Crippen LogP contribution in [0.4, 0.5) is 0 Å². The molecule has 0 aliphatic carbocycles. The normalized spacial score (nSPS) is 25.0. The zero-order valence-corrected chi connectivity index (χ0v) is 12.8. The van der Waals surface area contributed by atoms with E-state index < -0.39 is 10.0 Å². The molecule has 2 N–H and O–H groups in total. The van der Waals surface area contributed by atoms with Gasteiger partial charge in [-0.15, -0.1) is 0 Å². The van der Waals surface area contributed by atoms with Crippen molar-refractivity contribution in [3.63, 3.8) is 0 Å². The SMILES string of the molecule is CC1(CNS(=O)(=O)c2ccc3c(c2)OCCO3)CCCN1. The van der Waals surface area contributed by atoms with E-state index in [1.807, 2.05) is 6.92 Å². The van der Waals surface area contributed by atoms with Crippen molar-refractivity contribution >= 4 is 10.0 Å². The molecule has 0 aromatic heterocycles. The lowest BCUT2D eigenvalue weighted by atomic mass is 10.0. The number of hydrogen-bond acceptors (Lipinski definition) is 5. The lowest BCUT2D eigenvalue weighted by Gasteiger charge is -2.24. The van der Waals surface area contributed by atoms with Crippen LogP contribution >= 0.6 is 0 Å². The van der Waals surface area contributed by atoms with Gasteiger partial charge in [-0.05, 0) is 38.4 Å². The van der Waals surface area contributed by atoms with E-state index >= 15 is 0 Å². The first-order valence-corrected chi connectivity index (χ1v) is 8.61. The molecule has 1 atom stereocenters. The second-order valence-electron chi connectivity index (χ2n) is 5.72. The molecule has 1 unspecified atom stereocenters. The summed E-state index contributed by atoms with van der Waals surface area (Å²) in [4.78, 5) is 0.202. The standard InChI is InChI=1S/C14H20N2O4S/c1-14(5-2-6-15-14)10-16-21(17,18)11-3-4-12-13(9-11)20-8-7-19-12/h3-4,9,15-16H,2,5-8,10H2,1H3. The summed E-state index contributed by atoms with van der Waals surface area (Å²) in [5.74, 6) is 1.07. The highest BCUT2D eigenvalue weighted by atomic mass is 32.2. The highest BCUT2D eigenvalue weighted by molar-refractivity contribution is 7.89. The van der Waals surface area contributed by atoms with Crippen LogP contribution in [0.15, 0.2) is 23.1 Å². The molecule has 116 valence electrons. The van der Waals surface area contributed by atoms with E-state index in [0.717, 1.165) is 19.4 Å². The molecule has 6 nitrogen and oxygen atoms in total. The van der Waals surface area contributed by atoms with Gasteiger partial charge in [0, 0.05) is 18.2 Å². The molecule has 2 aliphatic rings. The fraction of sp³-hybridized carbons (Fsp3) is 0.571. The van der Waals surface area contributed by atoms with Gasteiger partial charge < -0.3 is 14.8 Å².